The summed E-state index contributed by atoms with van der Waals surface area (Å²) in [5.41, 5.74) is 2.04. The monoisotopic (exact) mass is 353 g/mol. The van der Waals surface area contributed by atoms with Crippen molar-refractivity contribution in [2.24, 2.45) is 0 Å². The van der Waals surface area contributed by atoms with Gasteiger partial charge in [0.25, 0.3) is 0 Å². The van der Waals surface area contributed by atoms with Gasteiger partial charge >= 0.3 is 0 Å². The number of nitrogens with one attached hydrogen (secondary N) is 1. The Morgan fingerprint density at radius 3 is 2.20 bits per heavy atom. The van der Waals surface area contributed by atoms with Gasteiger partial charge in [-0.25, -0.2) is 8.42 Å². The molecular weight excluding hydrogens is 338 g/mol. The summed E-state index contributed by atoms with van der Waals surface area (Å²) in [7, 11) is -3.14. The third-order valence-corrected chi connectivity index (χ3v) is 4.89. The van der Waals surface area contributed by atoms with Crippen LogP contribution in [0.2, 0.25) is 0 Å². The van der Waals surface area contributed by atoms with E-state index in [-0.39, 0.29) is 6.04 Å². The summed E-state index contributed by atoms with van der Waals surface area (Å²) >= 11 is 3.53. The third-order valence-electron chi connectivity index (χ3n) is 3.04. The zero-order valence-corrected chi connectivity index (χ0v) is 13.7. The molecule has 5 heteroatoms. The minimum Gasteiger partial charge on any atom is -0.378 e. The van der Waals surface area contributed by atoms with Gasteiger partial charge in [-0.2, -0.15) is 0 Å². The topological polar surface area (TPSA) is 46.2 Å². The van der Waals surface area contributed by atoms with Crippen LogP contribution in [0.3, 0.4) is 0 Å². The Kier molecular flexibility index (Phi) is 4.50. The second-order valence-electron chi connectivity index (χ2n) is 4.68. The maximum atomic E-state index is 11.4. The van der Waals surface area contributed by atoms with E-state index in [9.17, 15) is 8.42 Å². The molecule has 0 saturated carbocycles. The van der Waals surface area contributed by atoms with Crippen LogP contribution in [0, 0.1) is 0 Å². The number of sulfone groups is 1. The van der Waals surface area contributed by atoms with Crippen LogP contribution in [0.5, 0.6) is 0 Å². The number of rotatable bonds is 4. The second-order valence-corrected chi connectivity index (χ2v) is 7.55. The van der Waals surface area contributed by atoms with Crippen molar-refractivity contribution in [2.75, 3.05) is 11.6 Å². The van der Waals surface area contributed by atoms with E-state index < -0.39 is 9.84 Å². The maximum Gasteiger partial charge on any atom is 0.175 e. The molecule has 0 aliphatic heterocycles. The molecule has 0 radical (unpaired) electrons. The van der Waals surface area contributed by atoms with Crippen molar-refractivity contribution < 1.29 is 8.42 Å². The zero-order valence-electron chi connectivity index (χ0n) is 11.3. The second kappa shape index (κ2) is 5.97. The molecule has 0 aromatic heterocycles. The lowest BCUT2D eigenvalue weighted by atomic mass is 10.1. The summed E-state index contributed by atoms with van der Waals surface area (Å²) < 4.78 is 23.9. The Hall–Kier alpha value is -1.33. The van der Waals surface area contributed by atoms with E-state index in [4.69, 9.17) is 0 Å². The van der Waals surface area contributed by atoms with E-state index in [0.29, 0.717) is 4.90 Å². The van der Waals surface area contributed by atoms with Crippen molar-refractivity contribution in [1.29, 1.82) is 0 Å². The highest BCUT2D eigenvalue weighted by Crippen LogP contribution is 2.26. The lowest BCUT2D eigenvalue weighted by Gasteiger charge is -2.17. The van der Waals surface area contributed by atoms with Crippen LogP contribution in [-0.4, -0.2) is 14.7 Å². The van der Waals surface area contributed by atoms with Gasteiger partial charge in [0.1, 0.15) is 0 Å². The maximum absolute atomic E-state index is 11.4. The molecule has 2 aromatic rings. The third kappa shape index (κ3) is 3.61. The highest BCUT2D eigenvalue weighted by atomic mass is 79.9. The Labute approximate surface area is 128 Å². The zero-order chi connectivity index (χ0) is 14.8. The molecule has 0 aliphatic rings. The Bertz CT molecular complexity index is 696. The van der Waals surface area contributed by atoms with Gasteiger partial charge in [-0.05, 0) is 42.8 Å². The number of hydrogen-bond donors (Lipinski definition) is 1. The number of halogens is 1. The van der Waals surface area contributed by atoms with Gasteiger partial charge in [-0.15, -0.1) is 0 Å². The van der Waals surface area contributed by atoms with Crippen molar-refractivity contribution in [3.05, 3.63) is 58.6 Å². The van der Waals surface area contributed by atoms with Crippen molar-refractivity contribution in [3.8, 4) is 0 Å². The van der Waals surface area contributed by atoms with Crippen molar-refractivity contribution in [1.82, 2.24) is 0 Å². The number of hydrogen-bond acceptors (Lipinski definition) is 3. The fourth-order valence-corrected chi connectivity index (χ4v) is 3.21. The van der Waals surface area contributed by atoms with Gasteiger partial charge in [-0.3, -0.25) is 0 Å². The first kappa shape index (κ1) is 15.1. The molecule has 0 amide bonds. The smallest absolute Gasteiger partial charge is 0.175 e. The number of anilines is 1. The van der Waals surface area contributed by atoms with Gasteiger partial charge in [0.2, 0.25) is 0 Å². The quantitative estimate of drug-likeness (QED) is 0.902. The molecule has 0 saturated heterocycles. The predicted molar refractivity (Wildman–Crippen MR) is 85.7 cm³/mol. The summed E-state index contributed by atoms with van der Waals surface area (Å²) in [4.78, 5) is 0.330. The molecule has 20 heavy (non-hydrogen) atoms. The molecule has 0 aliphatic carbocycles. The first-order valence-corrected chi connectivity index (χ1v) is 8.87. The van der Waals surface area contributed by atoms with E-state index >= 15 is 0 Å². The average Bonchev–Trinajstić information content (AvgIpc) is 2.38. The Balaban J connectivity index is 2.17. The van der Waals surface area contributed by atoms with E-state index in [1.807, 2.05) is 24.3 Å². The van der Waals surface area contributed by atoms with Gasteiger partial charge in [-0.1, -0.05) is 34.1 Å². The molecule has 0 bridgehead atoms. The fraction of sp³-hybridized carbons (Fsp3) is 0.200. The van der Waals surface area contributed by atoms with Crippen LogP contribution < -0.4 is 5.32 Å². The highest BCUT2D eigenvalue weighted by Gasteiger charge is 2.10. The summed E-state index contributed by atoms with van der Waals surface area (Å²) in [5.74, 6) is 0. The standard InChI is InChI=1S/C15H16BrNO2S/c1-11(14-5-3-4-6-15(14)16)17-12-7-9-13(10-8-12)20(2,18)19/h3-11,17H,1-2H3. The molecule has 0 heterocycles. The molecule has 2 aromatic carbocycles. The molecule has 1 N–H and O–H groups in total. The largest absolute Gasteiger partial charge is 0.378 e. The van der Waals surface area contributed by atoms with Crippen LogP contribution in [0.15, 0.2) is 57.9 Å². The molecule has 2 rings (SSSR count). The molecule has 3 nitrogen and oxygen atoms in total. The highest BCUT2D eigenvalue weighted by molar-refractivity contribution is 9.10. The predicted octanol–water partition coefficient (Wildman–Crippen LogP) is 4.03. The molecular formula is C15H16BrNO2S. The van der Waals surface area contributed by atoms with Crippen LogP contribution in [0.25, 0.3) is 0 Å². The summed E-state index contributed by atoms with van der Waals surface area (Å²) in [6, 6.07) is 14.9. The van der Waals surface area contributed by atoms with E-state index in [1.165, 1.54) is 6.26 Å². The van der Waals surface area contributed by atoms with Crippen LogP contribution >= 0.6 is 15.9 Å². The lowest BCUT2D eigenvalue weighted by Crippen LogP contribution is -2.07. The number of benzene rings is 2. The van der Waals surface area contributed by atoms with Crippen LogP contribution in [-0.2, 0) is 9.84 Å². The normalized spacial score (nSPS) is 12.9. The SMILES string of the molecule is CC(Nc1ccc(S(C)(=O)=O)cc1)c1ccccc1Br. The Morgan fingerprint density at radius 1 is 1.05 bits per heavy atom. The van der Waals surface area contributed by atoms with E-state index in [0.717, 1.165) is 15.7 Å². The van der Waals surface area contributed by atoms with Gasteiger partial charge < -0.3 is 5.32 Å². The van der Waals surface area contributed by atoms with Crippen molar-refractivity contribution >= 4 is 31.5 Å². The van der Waals surface area contributed by atoms with E-state index in [1.54, 1.807) is 24.3 Å². The molecule has 1 unspecified atom stereocenters. The van der Waals surface area contributed by atoms with Gasteiger partial charge in [0.05, 0.1) is 4.90 Å². The van der Waals surface area contributed by atoms with Gasteiger partial charge in [0, 0.05) is 22.5 Å². The molecule has 106 valence electrons. The van der Waals surface area contributed by atoms with Gasteiger partial charge in [0.15, 0.2) is 9.84 Å². The van der Waals surface area contributed by atoms with Crippen molar-refractivity contribution in [3.63, 3.8) is 0 Å². The average molecular weight is 354 g/mol. The molecule has 1 atom stereocenters. The molecule has 0 spiro atoms. The summed E-state index contributed by atoms with van der Waals surface area (Å²) in [5, 5.41) is 3.35. The summed E-state index contributed by atoms with van der Waals surface area (Å²) in [6.45, 7) is 2.06. The summed E-state index contributed by atoms with van der Waals surface area (Å²) in [6.07, 6.45) is 1.21. The minimum absolute atomic E-state index is 0.120. The first-order valence-electron chi connectivity index (χ1n) is 6.19. The minimum atomic E-state index is -3.14. The first-order chi connectivity index (χ1) is 9.38. The van der Waals surface area contributed by atoms with Crippen LogP contribution in [0.4, 0.5) is 5.69 Å². The van der Waals surface area contributed by atoms with E-state index in [2.05, 4.69) is 28.2 Å². The van der Waals surface area contributed by atoms with Crippen molar-refractivity contribution in [2.45, 2.75) is 17.9 Å². The lowest BCUT2D eigenvalue weighted by molar-refractivity contribution is 0.602. The van der Waals surface area contributed by atoms with Crippen LogP contribution in [0.1, 0.15) is 18.5 Å². The fourth-order valence-electron chi connectivity index (χ4n) is 1.95. The Morgan fingerprint density at radius 2 is 1.65 bits per heavy atom. The molecule has 0 fully saturated rings.